The summed E-state index contributed by atoms with van der Waals surface area (Å²) >= 11 is 1.32. The molecule has 0 radical (unpaired) electrons. The van der Waals surface area contributed by atoms with Crippen LogP contribution in [0.25, 0.3) is 0 Å². The Kier molecular flexibility index (Phi) is 8.10. The molecule has 34 heavy (non-hydrogen) atoms. The molecule has 3 aromatic rings. The Balaban J connectivity index is 1.62. The number of benzene rings is 3. The summed E-state index contributed by atoms with van der Waals surface area (Å²) in [6.45, 7) is 1.75. The van der Waals surface area contributed by atoms with E-state index < -0.39 is 10.2 Å². The van der Waals surface area contributed by atoms with Gasteiger partial charge in [-0.25, -0.2) is 0 Å². The number of hydrogen-bond acceptors (Lipinski definition) is 7. The van der Waals surface area contributed by atoms with Gasteiger partial charge in [0.05, 0.1) is 24.4 Å². The summed E-state index contributed by atoms with van der Waals surface area (Å²) in [5, 5.41) is 15.9. The molecule has 3 rings (SSSR count). The zero-order valence-electron chi connectivity index (χ0n) is 18.7. The normalized spacial score (nSPS) is 11.3. The maximum absolute atomic E-state index is 12.7. The number of hydrogen-bond donors (Lipinski definition) is 2. The van der Waals surface area contributed by atoms with Gasteiger partial charge in [-0.15, -0.1) is 11.8 Å². The quantitative estimate of drug-likeness (QED) is 0.251. The van der Waals surface area contributed by atoms with Crippen molar-refractivity contribution in [3.63, 3.8) is 0 Å². The van der Waals surface area contributed by atoms with Crippen LogP contribution < -0.4 is 20.1 Å². The second-order valence-corrected chi connectivity index (χ2v) is 8.52. The smallest absolute Gasteiger partial charge is 0.269 e. The Morgan fingerprint density at radius 1 is 0.912 bits per heavy atom. The van der Waals surface area contributed by atoms with E-state index in [1.807, 2.05) is 6.07 Å². The highest BCUT2D eigenvalue weighted by Gasteiger charge is 2.16. The van der Waals surface area contributed by atoms with Gasteiger partial charge in [0.15, 0.2) is 11.5 Å². The summed E-state index contributed by atoms with van der Waals surface area (Å²) in [7, 11) is 3.02. The predicted molar refractivity (Wildman–Crippen MR) is 131 cm³/mol. The zero-order chi connectivity index (χ0) is 24.7. The molecule has 0 saturated heterocycles. The number of carbonyl (C=O) groups excluding carboxylic acids is 2. The van der Waals surface area contributed by atoms with Crippen LogP contribution in [0.1, 0.15) is 17.3 Å². The number of methoxy groups -OCH3 is 2. The fourth-order valence-electron chi connectivity index (χ4n) is 3.00. The molecular formula is C24H23N3O6S. The molecule has 0 aromatic heterocycles. The Labute approximate surface area is 200 Å². The molecule has 0 fully saturated rings. The topological polar surface area (TPSA) is 120 Å². The number of carbonyl (C=O) groups is 2. The lowest BCUT2D eigenvalue weighted by Crippen LogP contribution is -2.22. The molecule has 2 N–H and O–H groups in total. The maximum atomic E-state index is 12.7. The van der Waals surface area contributed by atoms with Gasteiger partial charge in [-0.05, 0) is 55.5 Å². The van der Waals surface area contributed by atoms with Crippen LogP contribution in [-0.2, 0) is 4.79 Å². The number of nitro benzene ring substituents is 1. The number of non-ortho nitro benzene ring substituents is 1. The largest absolute Gasteiger partial charge is 0.493 e. The molecule has 1 atom stereocenters. The summed E-state index contributed by atoms with van der Waals surface area (Å²) in [6.07, 6.45) is 0. The molecule has 0 spiro atoms. The first-order chi connectivity index (χ1) is 16.3. The summed E-state index contributed by atoms with van der Waals surface area (Å²) in [5.41, 5.74) is 1.41. The Hall–Kier alpha value is -4.05. The molecule has 176 valence electrons. The van der Waals surface area contributed by atoms with Crippen LogP contribution in [0.4, 0.5) is 17.1 Å². The SMILES string of the molecule is COc1ccc(C(=O)Nc2cccc(SC(C)C(=O)Nc3ccc([N+](=O)[O-])cc3)c2)cc1OC. The van der Waals surface area contributed by atoms with Crippen molar-refractivity contribution in [2.24, 2.45) is 0 Å². The second-order valence-electron chi connectivity index (χ2n) is 7.11. The number of thioether (sulfide) groups is 1. The molecule has 1 unspecified atom stereocenters. The first kappa shape index (κ1) is 24.6. The van der Waals surface area contributed by atoms with Gasteiger partial charge in [0.1, 0.15) is 0 Å². The van der Waals surface area contributed by atoms with E-state index >= 15 is 0 Å². The molecule has 0 aliphatic carbocycles. The molecule has 0 heterocycles. The van der Waals surface area contributed by atoms with Crippen LogP contribution in [0.2, 0.25) is 0 Å². The fourth-order valence-corrected chi connectivity index (χ4v) is 3.92. The van der Waals surface area contributed by atoms with Gasteiger partial charge in [0, 0.05) is 34.0 Å². The summed E-state index contributed by atoms with van der Waals surface area (Å²) in [4.78, 5) is 36.3. The van der Waals surface area contributed by atoms with Crippen LogP contribution in [-0.4, -0.2) is 36.2 Å². The van der Waals surface area contributed by atoms with Gasteiger partial charge in [-0.2, -0.15) is 0 Å². The van der Waals surface area contributed by atoms with Crippen molar-refractivity contribution in [1.82, 2.24) is 0 Å². The molecule has 0 bridgehead atoms. The third-order valence-corrected chi connectivity index (χ3v) is 5.86. The van der Waals surface area contributed by atoms with Gasteiger partial charge in [-0.1, -0.05) is 6.07 Å². The molecule has 10 heteroatoms. The molecule has 0 saturated carbocycles. The van der Waals surface area contributed by atoms with Crippen LogP contribution in [0.15, 0.2) is 71.6 Å². The highest BCUT2D eigenvalue weighted by molar-refractivity contribution is 8.00. The first-order valence-corrected chi connectivity index (χ1v) is 11.0. The van der Waals surface area contributed by atoms with Crippen molar-refractivity contribution >= 4 is 40.6 Å². The highest BCUT2D eigenvalue weighted by atomic mass is 32.2. The number of nitrogens with one attached hydrogen (secondary N) is 2. The van der Waals surface area contributed by atoms with E-state index in [1.165, 1.54) is 50.2 Å². The van der Waals surface area contributed by atoms with Gasteiger partial charge >= 0.3 is 0 Å². The van der Waals surface area contributed by atoms with Crippen molar-refractivity contribution < 1.29 is 24.0 Å². The number of amides is 2. The summed E-state index contributed by atoms with van der Waals surface area (Å²) in [5.74, 6) is 0.413. The number of rotatable bonds is 9. The highest BCUT2D eigenvalue weighted by Crippen LogP contribution is 2.29. The van der Waals surface area contributed by atoms with Gasteiger partial charge in [0.2, 0.25) is 5.91 Å². The maximum Gasteiger partial charge on any atom is 0.269 e. The average molecular weight is 482 g/mol. The number of anilines is 2. The third-order valence-electron chi connectivity index (χ3n) is 4.77. The molecule has 9 nitrogen and oxygen atoms in total. The lowest BCUT2D eigenvalue weighted by molar-refractivity contribution is -0.384. The summed E-state index contributed by atoms with van der Waals surface area (Å²) < 4.78 is 10.4. The number of ether oxygens (including phenoxy) is 2. The molecule has 0 aliphatic rings. The van der Waals surface area contributed by atoms with Gasteiger partial charge < -0.3 is 20.1 Å². The minimum absolute atomic E-state index is 0.0487. The van der Waals surface area contributed by atoms with E-state index in [-0.39, 0.29) is 17.5 Å². The van der Waals surface area contributed by atoms with Crippen molar-refractivity contribution in [3.05, 3.63) is 82.4 Å². The predicted octanol–water partition coefficient (Wildman–Crippen LogP) is 4.98. The summed E-state index contributed by atoms with van der Waals surface area (Å²) in [6, 6.07) is 17.7. The van der Waals surface area contributed by atoms with Crippen LogP contribution in [0, 0.1) is 10.1 Å². The molecular weight excluding hydrogens is 458 g/mol. The van der Waals surface area contributed by atoms with Crippen molar-refractivity contribution in [2.45, 2.75) is 17.1 Å². The van der Waals surface area contributed by atoms with E-state index in [9.17, 15) is 19.7 Å². The van der Waals surface area contributed by atoms with Gasteiger partial charge in [0.25, 0.3) is 11.6 Å². The van der Waals surface area contributed by atoms with Crippen LogP contribution >= 0.6 is 11.8 Å². The minimum atomic E-state index is -0.499. The van der Waals surface area contributed by atoms with E-state index in [4.69, 9.17) is 9.47 Å². The van der Waals surface area contributed by atoms with E-state index in [0.717, 1.165) is 4.90 Å². The van der Waals surface area contributed by atoms with Crippen LogP contribution in [0.5, 0.6) is 11.5 Å². The Morgan fingerprint density at radius 2 is 1.62 bits per heavy atom. The van der Waals surface area contributed by atoms with Crippen molar-refractivity contribution in [1.29, 1.82) is 0 Å². The average Bonchev–Trinajstić information content (AvgIpc) is 2.84. The fraction of sp³-hybridized carbons (Fsp3) is 0.167. The second kappa shape index (κ2) is 11.2. The first-order valence-electron chi connectivity index (χ1n) is 10.2. The lowest BCUT2D eigenvalue weighted by atomic mass is 10.2. The van der Waals surface area contributed by atoms with Crippen LogP contribution in [0.3, 0.4) is 0 Å². The monoisotopic (exact) mass is 481 g/mol. The van der Waals surface area contributed by atoms with E-state index in [2.05, 4.69) is 10.6 Å². The van der Waals surface area contributed by atoms with E-state index in [1.54, 1.807) is 43.3 Å². The third kappa shape index (κ3) is 6.26. The Morgan fingerprint density at radius 3 is 2.26 bits per heavy atom. The van der Waals surface area contributed by atoms with E-state index in [0.29, 0.717) is 28.4 Å². The van der Waals surface area contributed by atoms with Crippen molar-refractivity contribution in [3.8, 4) is 11.5 Å². The molecule has 2 amide bonds. The van der Waals surface area contributed by atoms with Gasteiger partial charge in [-0.3, -0.25) is 19.7 Å². The zero-order valence-corrected chi connectivity index (χ0v) is 19.5. The van der Waals surface area contributed by atoms with Crippen molar-refractivity contribution in [2.75, 3.05) is 24.9 Å². The number of nitrogens with zero attached hydrogens (tertiary/aromatic N) is 1. The lowest BCUT2D eigenvalue weighted by Gasteiger charge is -2.13. The number of nitro groups is 1. The standard InChI is InChI=1S/C24H23N3O6S/c1-15(23(28)25-17-8-10-19(11-9-17)27(30)31)34-20-6-4-5-18(14-20)26-24(29)16-7-12-21(32-2)22(13-16)33-3/h4-15H,1-3H3,(H,25,28)(H,26,29). The Bertz CT molecular complexity index is 1200. The molecule has 0 aliphatic heterocycles. The minimum Gasteiger partial charge on any atom is -0.493 e. The molecule has 3 aromatic carbocycles.